The first-order valence-corrected chi connectivity index (χ1v) is 7.53. The molecule has 2 aromatic carbocycles. The Morgan fingerprint density at radius 2 is 1.81 bits per heavy atom. The summed E-state index contributed by atoms with van der Waals surface area (Å²) < 4.78 is 0. The summed E-state index contributed by atoms with van der Waals surface area (Å²) in [5.74, 6) is 0.626. The highest BCUT2D eigenvalue weighted by Gasteiger charge is 2.26. The molecular formula is C19H18N2. The van der Waals surface area contributed by atoms with E-state index in [2.05, 4.69) is 48.5 Å². The van der Waals surface area contributed by atoms with Gasteiger partial charge in [-0.1, -0.05) is 48.5 Å². The zero-order valence-corrected chi connectivity index (χ0v) is 11.9. The number of nitrogens with zero attached hydrogens (tertiary/aromatic N) is 1. The maximum Gasteiger partial charge on any atom is 0.0761 e. The van der Waals surface area contributed by atoms with Gasteiger partial charge in [-0.15, -0.1) is 0 Å². The summed E-state index contributed by atoms with van der Waals surface area (Å²) in [7, 11) is 0. The van der Waals surface area contributed by atoms with Crippen LogP contribution in [0.25, 0.3) is 10.9 Å². The molecule has 1 aliphatic rings. The molecule has 2 N–H and O–H groups in total. The summed E-state index contributed by atoms with van der Waals surface area (Å²) in [4.78, 5) is 4.91. The SMILES string of the molecule is Nc1cc(C2CC2)nc2c(Cc3ccccc3)cccc12. The van der Waals surface area contributed by atoms with Crippen molar-refractivity contribution >= 4 is 16.6 Å². The molecule has 1 saturated carbocycles. The van der Waals surface area contributed by atoms with Gasteiger partial charge in [-0.3, -0.25) is 4.98 Å². The number of pyridine rings is 1. The topological polar surface area (TPSA) is 38.9 Å². The Morgan fingerprint density at radius 3 is 2.57 bits per heavy atom. The first-order chi connectivity index (χ1) is 10.3. The van der Waals surface area contributed by atoms with Crippen molar-refractivity contribution in [2.75, 3.05) is 5.73 Å². The molecule has 0 bridgehead atoms. The number of benzene rings is 2. The van der Waals surface area contributed by atoms with Gasteiger partial charge in [0.05, 0.1) is 5.52 Å². The van der Waals surface area contributed by atoms with Crippen LogP contribution in [0.3, 0.4) is 0 Å². The fourth-order valence-corrected chi connectivity index (χ4v) is 2.90. The number of nitrogens with two attached hydrogens (primary N) is 1. The van der Waals surface area contributed by atoms with E-state index in [9.17, 15) is 0 Å². The number of aromatic nitrogens is 1. The first-order valence-electron chi connectivity index (χ1n) is 7.53. The van der Waals surface area contributed by atoms with Crippen LogP contribution in [0.5, 0.6) is 0 Å². The Balaban J connectivity index is 1.84. The Morgan fingerprint density at radius 1 is 1.00 bits per heavy atom. The average molecular weight is 274 g/mol. The fourth-order valence-electron chi connectivity index (χ4n) is 2.90. The van der Waals surface area contributed by atoms with Crippen LogP contribution in [-0.4, -0.2) is 4.98 Å². The van der Waals surface area contributed by atoms with E-state index in [1.54, 1.807) is 0 Å². The van der Waals surface area contributed by atoms with Crippen LogP contribution in [-0.2, 0) is 6.42 Å². The van der Waals surface area contributed by atoms with Gasteiger partial charge >= 0.3 is 0 Å². The number of hydrogen-bond acceptors (Lipinski definition) is 2. The first kappa shape index (κ1) is 12.4. The largest absolute Gasteiger partial charge is 0.398 e. The van der Waals surface area contributed by atoms with Crippen molar-refractivity contribution in [3.8, 4) is 0 Å². The van der Waals surface area contributed by atoms with Crippen molar-refractivity contribution in [3.63, 3.8) is 0 Å². The molecule has 2 heteroatoms. The number of hydrogen-bond donors (Lipinski definition) is 1. The summed E-state index contributed by atoms with van der Waals surface area (Å²) in [6, 6.07) is 18.9. The van der Waals surface area contributed by atoms with E-state index >= 15 is 0 Å². The summed E-state index contributed by atoms with van der Waals surface area (Å²) in [5.41, 5.74) is 11.9. The molecule has 21 heavy (non-hydrogen) atoms. The van der Waals surface area contributed by atoms with Crippen LogP contribution in [0.1, 0.15) is 35.6 Å². The molecule has 1 fully saturated rings. The highest BCUT2D eigenvalue weighted by molar-refractivity contribution is 5.92. The van der Waals surface area contributed by atoms with Gasteiger partial charge in [0, 0.05) is 22.7 Å². The molecule has 3 aromatic rings. The molecule has 1 aliphatic carbocycles. The molecule has 0 unspecified atom stereocenters. The number of para-hydroxylation sites is 1. The molecule has 1 aromatic heterocycles. The van der Waals surface area contributed by atoms with Gasteiger partial charge in [0.15, 0.2) is 0 Å². The highest BCUT2D eigenvalue weighted by Crippen LogP contribution is 2.41. The summed E-state index contributed by atoms with van der Waals surface area (Å²) in [6.45, 7) is 0. The van der Waals surface area contributed by atoms with Crippen molar-refractivity contribution in [1.82, 2.24) is 4.98 Å². The van der Waals surface area contributed by atoms with Crippen LogP contribution >= 0.6 is 0 Å². The monoisotopic (exact) mass is 274 g/mol. The Bertz CT molecular complexity index is 789. The quantitative estimate of drug-likeness (QED) is 0.774. The average Bonchev–Trinajstić information content (AvgIpc) is 3.34. The maximum atomic E-state index is 6.24. The van der Waals surface area contributed by atoms with Crippen molar-refractivity contribution in [2.45, 2.75) is 25.2 Å². The number of anilines is 1. The predicted octanol–water partition coefficient (Wildman–Crippen LogP) is 4.29. The Labute approximate surface area is 124 Å². The molecule has 0 spiro atoms. The van der Waals surface area contributed by atoms with E-state index in [4.69, 9.17) is 10.7 Å². The summed E-state index contributed by atoms with van der Waals surface area (Å²) in [5, 5.41) is 1.08. The van der Waals surface area contributed by atoms with Crippen LogP contribution < -0.4 is 5.73 Å². The smallest absolute Gasteiger partial charge is 0.0761 e. The van der Waals surface area contributed by atoms with Crippen molar-refractivity contribution in [1.29, 1.82) is 0 Å². The third-order valence-electron chi connectivity index (χ3n) is 4.21. The van der Waals surface area contributed by atoms with Gasteiger partial charge in [-0.2, -0.15) is 0 Å². The Kier molecular flexibility index (Phi) is 2.88. The molecule has 0 aliphatic heterocycles. The molecular weight excluding hydrogens is 256 g/mol. The number of nitrogen functional groups attached to an aromatic ring is 1. The summed E-state index contributed by atoms with van der Waals surface area (Å²) in [6.07, 6.45) is 3.40. The third kappa shape index (κ3) is 2.38. The molecule has 0 atom stereocenters. The fraction of sp³-hybridized carbons (Fsp3) is 0.211. The van der Waals surface area contributed by atoms with Crippen LogP contribution in [0.2, 0.25) is 0 Å². The van der Waals surface area contributed by atoms with Crippen molar-refractivity contribution in [3.05, 3.63) is 71.4 Å². The van der Waals surface area contributed by atoms with Gasteiger partial charge in [0.25, 0.3) is 0 Å². The second-order valence-corrected chi connectivity index (χ2v) is 5.89. The lowest BCUT2D eigenvalue weighted by atomic mass is 10.0. The van der Waals surface area contributed by atoms with Gasteiger partial charge < -0.3 is 5.73 Å². The van der Waals surface area contributed by atoms with E-state index in [1.807, 2.05) is 6.07 Å². The zero-order chi connectivity index (χ0) is 14.2. The van der Waals surface area contributed by atoms with Crippen LogP contribution in [0.15, 0.2) is 54.6 Å². The predicted molar refractivity (Wildman–Crippen MR) is 87.4 cm³/mol. The van der Waals surface area contributed by atoms with Crippen molar-refractivity contribution in [2.24, 2.45) is 0 Å². The van der Waals surface area contributed by atoms with Crippen molar-refractivity contribution < 1.29 is 0 Å². The molecule has 0 radical (unpaired) electrons. The van der Waals surface area contributed by atoms with Gasteiger partial charge in [0.2, 0.25) is 0 Å². The molecule has 0 saturated heterocycles. The maximum absolute atomic E-state index is 6.24. The lowest BCUT2D eigenvalue weighted by Gasteiger charge is -2.10. The molecule has 104 valence electrons. The second-order valence-electron chi connectivity index (χ2n) is 5.89. The molecule has 1 heterocycles. The van der Waals surface area contributed by atoms with E-state index in [-0.39, 0.29) is 0 Å². The highest BCUT2D eigenvalue weighted by atomic mass is 14.7. The van der Waals surface area contributed by atoms with Gasteiger partial charge in [0.1, 0.15) is 0 Å². The number of rotatable bonds is 3. The van der Waals surface area contributed by atoms with Crippen LogP contribution in [0.4, 0.5) is 5.69 Å². The minimum Gasteiger partial charge on any atom is -0.398 e. The lowest BCUT2D eigenvalue weighted by molar-refractivity contribution is 1.04. The van der Waals surface area contributed by atoms with Gasteiger partial charge in [-0.25, -0.2) is 0 Å². The van der Waals surface area contributed by atoms with Crippen LogP contribution in [0, 0.1) is 0 Å². The second kappa shape index (κ2) is 4.88. The van der Waals surface area contributed by atoms with E-state index < -0.39 is 0 Å². The standard InChI is InChI=1S/C19H18N2/c20-17-12-18(14-9-10-14)21-19-15(7-4-8-16(17)19)11-13-5-2-1-3-6-13/h1-8,12,14H,9-11H2,(H2,20,21). The summed E-state index contributed by atoms with van der Waals surface area (Å²) >= 11 is 0. The van der Waals surface area contributed by atoms with E-state index in [0.717, 1.165) is 23.0 Å². The lowest BCUT2D eigenvalue weighted by Crippen LogP contribution is -1.98. The zero-order valence-electron chi connectivity index (χ0n) is 11.9. The molecule has 2 nitrogen and oxygen atoms in total. The van der Waals surface area contributed by atoms with Gasteiger partial charge in [-0.05, 0) is 36.5 Å². The van der Waals surface area contributed by atoms with E-state index in [0.29, 0.717) is 5.92 Å². The molecule has 4 rings (SSSR count). The minimum atomic E-state index is 0.626. The van der Waals surface area contributed by atoms with E-state index in [1.165, 1.54) is 29.7 Å². The molecule has 0 amide bonds. The minimum absolute atomic E-state index is 0.626. The third-order valence-corrected chi connectivity index (χ3v) is 4.21. The number of fused-ring (bicyclic) bond motifs is 1. The normalized spacial score (nSPS) is 14.5. The Hall–Kier alpha value is -2.35.